The summed E-state index contributed by atoms with van der Waals surface area (Å²) in [6.07, 6.45) is -0.368. The van der Waals surface area contributed by atoms with Gasteiger partial charge in [-0.2, -0.15) is 17.4 Å². The number of rotatable bonds is 8. The van der Waals surface area contributed by atoms with E-state index in [2.05, 4.69) is 9.46 Å². The molecule has 0 radical (unpaired) electrons. The Kier molecular flexibility index (Phi) is 6.52. The summed E-state index contributed by atoms with van der Waals surface area (Å²) in [5.74, 6) is -1.87. The highest BCUT2D eigenvalue weighted by atomic mass is 32.2. The molecule has 0 bridgehead atoms. The van der Waals surface area contributed by atoms with Gasteiger partial charge in [0.15, 0.2) is 6.10 Å². The zero-order chi connectivity index (χ0) is 16.0. The number of ether oxygens (including phenoxy) is 2. The molecule has 1 aliphatic heterocycles. The predicted molar refractivity (Wildman–Crippen MR) is 71.7 cm³/mol. The standard InChI is InChI=1S/C11H20N2O7S/c1-3-20-11(16)8-5-4-6-13(8)21(17,18)12-7-9(19-2)10(14)15/h8-9,12H,3-7H2,1-2H3,(H,14,15). The van der Waals surface area contributed by atoms with Crippen LogP contribution >= 0.6 is 0 Å². The number of carboxylic acid groups (broad SMARTS) is 1. The van der Waals surface area contributed by atoms with Crippen LogP contribution in [0.15, 0.2) is 0 Å². The number of methoxy groups -OCH3 is 1. The van der Waals surface area contributed by atoms with Crippen LogP contribution in [0, 0.1) is 0 Å². The number of carboxylic acids is 1. The van der Waals surface area contributed by atoms with Crippen LogP contribution in [0.1, 0.15) is 19.8 Å². The van der Waals surface area contributed by atoms with Gasteiger partial charge in [0.05, 0.1) is 6.61 Å². The first-order chi connectivity index (χ1) is 9.83. The molecule has 122 valence electrons. The van der Waals surface area contributed by atoms with Gasteiger partial charge in [-0.05, 0) is 19.8 Å². The molecule has 0 amide bonds. The quantitative estimate of drug-likeness (QED) is 0.546. The lowest BCUT2D eigenvalue weighted by Gasteiger charge is -2.23. The summed E-state index contributed by atoms with van der Waals surface area (Å²) in [6, 6.07) is -0.867. The maximum absolute atomic E-state index is 12.2. The Morgan fingerprint density at radius 2 is 2.14 bits per heavy atom. The van der Waals surface area contributed by atoms with Crippen LogP contribution in [-0.2, 0) is 29.3 Å². The maximum Gasteiger partial charge on any atom is 0.334 e. The molecule has 0 aromatic carbocycles. The van der Waals surface area contributed by atoms with Gasteiger partial charge in [0.2, 0.25) is 0 Å². The number of nitrogens with zero attached hydrogens (tertiary/aromatic N) is 1. The summed E-state index contributed by atoms with van der Waals surface area (Å²) in [7, 11) is -2.80. The van der Waals surface area contributed by atoms with Gasteiger partial charge in [-0.1, -0.05) is 0 Å². The van der Waals surface area contributed by atoms with Crippen LogP contribution in [0.5, 0.6) is 0 Å². The molecule has 10 heteroatoms. The van der Waals surface area contributed by atoms with E-state index in [4.69, 9.17) is 9.84 Å². The van der Waals surface area contributed by atoms with Crippen molar-refractivity contribution in [2.75, 3.05) is 26.8 Å². The molecule has 0 spiro atoms. The van der Waals surface area contributed by atoms with E-state index >= 15 is 0 Å². The Balaban J connectivity index is 2.72. The maximum atomic E-state index is 12.2. The molecule has 21 heavy (non-hydrogen) atoms. The van der Waals surface area contributed by atoms with Crippen molar-refractivity contribution < 1.29 is 32.6 Å². The molecule has 1 aliphatic rings. The lowest BCUT2D eigenvalue weighted by molar-refractivity contribution is -0.148. The summed E-state index contributed by atoms with van der Waals surface area (Å²) in [5, 5.41) is 8.80. The summed E-state index contributed by atoms with van der Waals surface area (Å²) >= 11 is 0. The van der Waals surface area contributed by atoms with Crippen molar-refractivity contribution in [1.82, 2.24) is 9.03 Å². The highest BCUT2D eigenvalue weighted by Crippen LogP contribution is 2.21. The first-order valence-corrected chi connectivity index (χ1v) is 7.96. The number of carbonyl (C=O) groups excluding carboxylic acids is 1. The molecule has 0 aliphatic carbocycles. The molecule has 0 aromatic heterocycles. The summed E-state index contributed by atoms with van der Waals surface area (Å²) in [4.78, 5) is 22.5. The van der Waals surface area contributed by atoms with Crippen molar-refractivity contribution in [2.45, 2.75) is 31.9 Å². The minimum Gasteiger partial charge on any atom is -0.479 e. The van der Waals surface area contributed by atoms with Crippen LogP contribution in [0.4, 0.5) is 0 Å². The molecule has 2 N–H and O–H groups in total. The van der Waals surface area contributed by atoms with Gasteiger partial charge in [-0.3, -0.25) is 4.79 Å². The molecule has 1 rings (SSSR count). The van der Waals surface area contributed by atoms with E-state index in [0.29, 0.717) is 12.8 Å². The summed E-state index contributed by atoms with van der Waals surface area (Å²) in [6.45, 7) is 1.57. The third-order valence-corrected chi connectivity index (χ3v) is 4.67. The van der Waals surface area contributed by atoms with E-state index in [1.807, 2.05) is 0 Å². The van der Waals surface area contributed by atoms with Crippen molar-refractivity contribution in [2.24, 2.45) is 0 Å². The highest BCUT2D eigenvalue weighted by Gasteiger charge is 2.39. The van der Waals surface area contributed by atoms with Crippen molar-refractivity contribution in [3.8, 4) is 0 Å². The second kappa shape index (κ2) is 7.69. The first-order valence-electron chi connectivity index (χ1n) is 6.52. The van der Waals surface area contributed by atoms with Gasteiger partial charge in [0.1, 0.15) is 6.04 Å². The number of nitrogens with one attached hydrogen (secondary N) is 1. The van der Waals surface area contributed by atoms with Gasteiger partial charge >= 0.3 is 11.9 Å². The third kappa shape index (κ3) is 4.63. The van der Waals surface area contributed by atoms with Gasteiger partial charge in [-0.25, -0.2) is 4.79 Å². The van der Waals surface area contributed by atoms with Crippen LogP contribution < -0.4 is 4.72 Å². The normalized spacial score (nSPS) is 21.1. The summed E-state index contributed by atoms with van der Waals surface area (Å²) in [5.41, 5.74) is 0. The molecule has 0 saturated carbocycles. The average Bonchev–Trinajstić information content (AvgIpc) is 2.89. The van der Waals surface area contributed by atoms with Gasteiger partial charge in [0.25, 0.3) is 10.2 Å². The number of esters is 1. The molecule has 1 saturated heterocycles. The van der Waals surface area contributed by atoms with E-state index in [9.17, 15) is 18.0 Å². The van der Waals surface area contributed by atoms with E-state index in [0.717, 1.165) is 4.31 Å². The molecule has 2 atom stereocenters. The number of hydrogen-bond acceptors (Lipinski definition) is 6. The highest BCUT2D eigenvalue weighted by molar-refractivity contribution is 7.87. The zero-order valence-electron chi connectivity index (χ0n) is 11.9. The Bertz CT molecular complexity index is 479. The molecule has 1 heterocycles. The van der Waals surface area contributed by atoms with Gasteiger partial charge in [-0.15, -0.1) is 0 Å². The molecular formula is C11H20N2O7S. The lowest BCUT2D eigenvalue weighted by Crippen LogP contribution is -2.49. The van der Waals surface area contributed by atoms with Crippen molar-refractivity contribution in [3.63, 3.8) is 0 Å². The van der Waals surface area contributed by atoms with E-state index < -0.39 is 40.8 Å². The fourth-order valence-electron chi connectivity index (χ4n) is 2.04. The molecule has 1 fully saturated rings. The second-order valence-electron chi connectivity index (χ2n) is 4.44. The largest absolute Gasteiger partial charge is 0.479 e. The topological polar surface area (TPSA) is 122 Å². The predicted octanol–water partition coefficient (Wildman–Crippen LogP) is -1.05. The monoisotopic (exact) mass is 324 g/mol. The van der Waals surface area contributed by atoms with E-state index in [1.54, 1.807) is 6.92 Å². The fourth-order valence-corrected chi connectivity index (χ4v) is 3.46. The van der Waals surface area contributed by atoms with Gasteiger partial charge in [0, 0.05) is 20.2 Å². The average molecular weight is 324 g/mol. The van der Waals surface area contributed by atoms with Gasteiger partial charge < -0.3 is 14.6 Å². The Morgan fingerprint density at radius 1 is 1.48 bits per heavy atom. The smallest absolute Gasteiger partial charge is 0.334 e. The lowest BCUT2D eigenvalue weighted by atomic mass is 10.2. The Hall–Kier alpha value is -1.23. The van der Waals surface area contributed by atoms with Crippen LogP contribution in [-0.4, -0.2) is 68.7 Å². The third-order valence-electron chi connectivity index (χ3n) is 3.08. The van der Waals surface area contributed by atoms with Crippen molar-refractivity contribution in [1.29, 1.82) is 0 Å². The molecular weight excluding hydrogens is 304 g/mol. The minimum absolute atomic E-state index is 0.168. The van der Waals surface area contributed by atoms with Crippen LogP contribution in [0.2, 0.25) is 0 Å². The number of carbonyl (C=O) groups is 2. The fraction of sp³-hybridized carbons (Fsp3) is 0.818. The van der Waals surface area contributed by atoms with Crippen molar-refractivity contribution >= 4 is 22.1 Å². The minimum atomic E-state index is -3.97. The number of aliphatic carboxylic acids is 1. The van der Waals surface area contributed by atoms with Crippen molar-refractivity contribution in [3.05, 3.63) is 0 Å². The first kappa shape index (κ1) is 17.8. The SMILES string of the molecule is CCOC(=O)C1CCCN1S(=O)(=O)NCC(OC)C(=O)O. The number of hydrogen-bond donors (Lipinski definition) is 2. The second-order valence-corrected chi connectivity index (χ2v) is 6.14. The Morgan fingerprint density at radius 3 is 2.67 bits per heavy atom. The zero-order valence-corrected chi connectivity index (χ0v) is 12.8. The molecule has 2 unspecified atom stereocenters. The van der Waals surface area contributed by atoms with Crippen LogP contribution in [0.25, 0.3) is 0 Å². The molecule has 9 nitrogen and oxygen atoms in total. The van der Waals surface area contributed by atoms with E-state index in [1.165, 1.54) is 7.11 Å². The molecule has 0 aromatic rings. The van der Waals surface area contributed by atoms with E-state index in [-0.39, 0.29) is 13.2 Å². The van der Waals surface area contributed by atoms with Crippen LogP contribution in [0.3, 0.4) is 0 Å². The Labute approximate surface area is 123 Å². The summed E-state index contributed by atoms with van der Waals surface area (Å²) < 4.78 is 36.9.